The van der Waals surface area contributed by atoms with Crippen molar-refractivity contribution in [3.05, 3.63) is 29.8 Å². The van der Waals surface area contributed by atoms with Crippen LogP contribution in [0.4, 0.5) is 10.5 Å². The van der Waals surface area contributed by atoms with Crippen LogP contribution in [-0.2, 0) is 26.6 Å². The predicted molar refractivity (Wildman–Crippen MR) is 99.7 cm³/mol. The second-order valence-electron chi connectivity index (χ2n) is 6.36. The Morgan fingerprint density at radius 3 is 2.38 bits per heavy atom. The van der Waals surface area contributed by atoms with Gasteiger partial charge in [0.25, 0.3) is 0 Å². The number of amides is 2. The Bertz CT molecular complexity index is 837. The third-order valence-electron chi connectivity index (χ3n) is 3.90. The van der Waals surface area contributed by atoms with Crippen LogP contribution < -0.4 is 15.4 Å². The van der Waals surface area contributed by atoms with E-state index in [2.05, 4.69) is 15.4 Å². The molecule has 1 atom stereocenters. The standard InChI is InChI=1S/C15H24N4O5S2/c1-25(21,22)18-13-7-5-12(6-8-13)10-16-15(20)17-14-4-3-9-19(11-14)26(2,23)24/h5-8,14,18H,3-4,9-11H2,1-2H3,(H2,16,17,20). The molecule has 0 radical (unpaired) electrons. The second kappa shape index (κ2) is 8.23. The van der Waals surface area contributed by atoms with Crippen LogP contribution >= 0.6 is 0 Å². The molecule has 26 heavy (non-hydrogen) atoms. The number of sulfonamides is 2. The van der Waals surface area contributed by atoms with Gasteiger partial charge in [-0.05, 0) is 30.5 Å². The molecular weight excluding hydrogens is 380 g/mol. The Labute approximate surface area is 154 Å². The van der Waals surface area contributed by atoms with E-state index in [0.717, 1.165) is 24.5 Å². The first-order valence-corrected chi connectivity index (χ1v) is 11.8. The van der Waals surface area contributed by atoms with Crippen LogP contribution in [0.15, 0.2) is 24.3 Å². The number of urea groups is 1. The molecule has 3 N–H and O–H groups in total. The van der Waals surface area contributed by atoms with Gasteiger partial charge in [-0.3, -0.25) is 4.72 Å². The second-order valence-corrected chi connectivity index (χ2v) is 10.1. The van der Waals surface area contributed by atoms with Crippen molar-refractivity contribution >= 4 is 31.8 Å². The van der Waals surface area contributed by atoms with Crippen LogP contribution in [0.2, 0.25) is 0 Å². The molecule has 2 rings (SSSR count). The molecule has 1 saturated heterocycles. The van der Waals surface area contributed by atoms with Gasteiger partial charge in [0, 0.05) is 31.4 Å². The zero-order valence-electron chi connectivity index (χ0n) is 14.7. The minimum Gasteiger partial charge on any atom is -0.334 e. The van der Waals surface area contributed by atoms with Gasteiger partial charge < -0.3 is 10.6 Å². The van der Waals surface area contributed by atoms with Crippen molar-refractivity contribution in [1.29, 1.82) is 0 Å². The molecule has 11 heteroatoms. The fourth-order valence-electron chi connectivity index (χ4n) is 2.68. The first kappa shape index (κ1) is 20.5. The summed E-state index contributed by atoms with van der Waals surface area (Å²) in [4.78, 5) is 12.0. The van der Waals surface area contributed by atoms with Crippen LogP contribution in [0, 0.1) is 0 Å². The summed E-state index contributed by atoms with van der Waals surface area (Å²) < 4.78 is 49.2. The molecule has 2 amide bonds. The van der Waals surface area contributed by atoms with Crippen molar-refractivity contribution in [3.8, 4) is 0 Å². The lowest BCUT2D eigenvalue weighted by molar-refractivity contribution is 0.225. The van der Waals surface area contributed by atoms with Gasteiger partial charge >= 0.3 is 6.03 Å². The molecule has 1 aromatic carbocycles. The number of carbonyl (C=O) groups is 1. The van der Waals surface area contributed by atoms with E-state index in [-0.39, 0.29) is 25.2 Å². The van der Waals surface area contributed by atoms with Crippen LogP contribution in [0.3, 0.4) is 0 Å². The van der Waals surface area contributed by atoms with Crippen molar-refractivity contribution in [3.63, 3.8) is 0 Å². The zero-order chi connectivity index (χ0) is 19.4. The van der Waals surface area contributed by atoms with Crippen LogP contribution in [0.25, 0.3) is 0 Å². The van der Waals surface area contributed by atoms with Crippen LogP contribution in [0.5, 0.6) is 0 Å². The summed E-state index contributed by atoms with van der Waals surface area (Å²) in [6.45, 7) is 1.03. The molecule has 1 unspecified atom stereocenters. The Hall–Kier alpha value is -1.85. The van der Waals surface area contributed by atoms with Gasteiger partial charge in [-0.15, -0.1) is 0 Å². The highest BCUT2D eigenvalue weighted by molar-refractivity contribution is 7.92. The van der Waals surface area contributed by atoms with Gasteiger partial charge in [0.15, 0.2) is 0 Å². The first-order chi connectivity index (χ1) is 12.0. The maximum Gasteiger partial charge on any atom is 0.315 e. The number of hydrogen-bond donors (Lipinski definition) is 3. The summed E-state index contributed by atoms with van der Waals surface area (Å²) in [6.07, 6.45) is 3.67. The van der Waals surface area contributed by atoms with Gasteiger partial charge in [-0.1, -0.05) is 12.1 Å². The predicted octanol–water partition coefficient (Wildman–Crippen LogP) is 0.281. The van der Waals surface area contributed by atoms with Crippen molar-refractivity contribution < 1.29 is 21.6 Å². The highest BCUT2D eigenvalue weighted by Gasteiger charge is 2.26. The third kappa shape index (κ3) is 6.81. The number of piperidine rings is 1. The Balaban J connectivity index is 1.81. The van der Waals surface area contributed by atoms with Crippen molar-refractivity contribution in [1.82, 2.24) is 14.9 Å². The number of hydrogen-bond acceptors (Lipinski definition) is 5. The lowest BCUT2D eigenvalue weighted by Crippen LogP contribution is -2.51. The lowest BCUT2D eigenvalue weighted by atomic mass is 10.1. The largest absolute Gasteiger partial charge is 0.334 e. The molecule has 0 saturated carbocycles. The molecule has 0 spiro atoms. The molecule has 9 nitrogen and oxygen atoms in total. The van der Waals surface area contributed by atoms with Crippen LogP contribution in [0.1, 0.15) is 18.4 Å². The van der Waals surface area contributed by atoms with Crippen molar-refractivity contribution in [2.45, 2.75) is 25.4 Å². The van der Waals surface area contributed by atoms with E-state index in [9.17, 15) is 21.6 Å². The molecule has 1 heterocycles. The topological polar surface area (TPSA) is 125 Å². The summed E-state index contributed by atoms with van der Waals surface area (Å²) >= 11 is 0. The quantitative estimate of drug-likeness (QED) is 0.628. The SMILES string of the molecule is CS(=O)(=O)Nc1ccc(CNC(=O)NC2CCCN(S(C)(=O)=O)C2)cc1. The Kier molecular flexibility index (Phi) is 6.48. The molecular formula is C15H24N4O5S2. The molecule has 1 fully saturated rings. The fourth-order valence-corrected chi connectivity index (χ4v) is 4.16. The monoisotopic (exact) mass is 404 g/mol. The Morgan fingerprint density at radius 2 is 1.81 bits per heavy atom. The van der Waals surface area contributed by atoms with E-state index in [0.29, 0.717) is 18.7 Å². The van der Waals surface area contributed by atoms with Crippen molar-refractivity contribution in [2.24, 2.45) is 0 Å². The Morgan fingerprint density at radius 1 is 1.15 bits per heavy atom. The number of carbonyl (C=O) groups excluding carboxylic acids is 1. The third-order valence-corrected chi connectivity index (χ3v) is 5.77. The summed E-state index contributed by atoms with van der Waals surface area (Å²) in [5.74, 6) is 0. The maximum absolute atomic E-state index is 12.0. The average molecular weight is 405 g/mol. The number of nitrogens with one attached hydrogen (secondary N) is 3. The molecule has 1 aliphatic rings. The highest BCUT2D eigenvalue weighted by atomic mass is 32.2. The number of nitrogens with zero attached hydrogens (tertiary/aromatic N) is 1. The summed E-state index contributed by atoms with van der Waals surface area (Å²) in [5.41, 5.74) is 1.25. The summed E-state index contributed by atoms with van der Waals surface area (Å²) in [5, 5.41) is 5.50. The number of rotatable bonds is 6. The summed E-state index contributed by atoms with van der Waals surface area (Å²) in [6, 6.07) is 6.05. The van der Waals surface area contributed by atoms with E-state index in [4.69, 9.17) is 0 Å². The molecule has 146 valence electrons. The zero-order valence-corrected chi connectivity index (χ0v) is 16.4. The smallest absolute Gasteiger partial charge is 0.315 e. The maximum atomic E-state index is 12.0. The molecule has 0 aromatic heterocycles. The minimum atomic E-state index is -3.32. The lowest BCUT2D eigenvalue weighted by Gasteiger charge is -2.31. The molecule has 1 aliphatic heterocycles. The summed E-state index contributed by atoms with van der Waals surface area (Å²) in [7, 11) is -6.58. The molecule has 1 aromatic rings. The van der Waals surface area contributed by atoms with E-state index < -0.39 is 20.0 Å². The molecule has 0 bridgehead atoms. The van der Waals surface area contributed by atoms with E-state index in [1.807, 2.05) is 0 Å². The minimum absolute atomic E-state index is 0.222. The first-order valence-electron chi connectivity index (χ1n) is 8.09. The van der Waals surface area contributed by atoms with E-state index in [1.165, 1.54) is 4.31 Å². The van der Waals surface area contributed by atoms with Gasteiger partial charge in [-0.2, -0.15) is 0 Å². The van der Waals surface area contributed by atoms with Gasteiger partial charge in [0.1, 0.15) is 0 Å². The molecule has 0 aliphatic carbocycles. The average Bonchev–Trinajstić information content (AvgIpc) is 2.52. The normalized spacial score (nSPS) is 18.9. The fraction of sp³-hybridized carbons (Fsp3) is 0.533. The van der Waals surface area contributed by atoms with Gasteiger partial charge in [-0.25, -0.2) is 25.9 Å². The van der Waals surface area contributed by atoms with E-state index >= 15 is 0 Å². The van der Waals surface area contributed by atoms with Gasteiger partial charge in [0.05, 0.1) is 12.5 Å². The van der Waals surface area contributed by atoms with Crippen LogP contribution in [-0.4, -0.2) is 58.8 Å². The number of benzene rings is 1. The number of anilines is 1. The van der Waals surface area contributed by atoms with Crippen molar-refractivity contribution in [2.75, 3.05) is 30.3 Å². The van der Waals surface area contributed by atoms with E-state index in [1.54, 1.807) is 24.3 Å². The van der Waals surface area contributed by atoms with Gasteiger partial charge in [0.2, 0.25) is 20.0 Å². The highest BCUT2D eigenvalue weighted by Crippen LogP contribution is 2.13.